The molecule has 2 rings (SSSR count). The molecule has 0 atom stereocenters. The Morgan fingerprint density at radius 2 is 1.82 bits per heavy atom. The molecular weight excluding hydrogens is 425 g/mol. The lowest BCUT2D eigenvalue weighted by molar-refractivity contribution is -0.140. The molecule has 1 aromatic carbocycles. The van der Waals surface area contributed by atoms with E-state index in [9.17, 15) is 31.2 Å². The van der Waals surface area contributed by atoms with Crippen molar-refractivity contribution in [2.45, 2.75) is 30.3 Å². The molecule has 0 bridgehead atoms. The molecule has 1 heterocycles. The van der Waals surface area contributed by atoms with Crippen molar-refractivity contribution < 1.29 is 35.9 Å². The molecule has 1 aliphatic heterocycles. The van der Waals surface area contributed by atoms with Crippen LogP contribution < -0.4 is 5.32 Å². The van der Waals surface area contributed by atoms with E-state index in [4.69, 9.17) is 11.6 Å². The summed E-state index contributed by atoms with van der Waals surface area (Å²) in [6, 6.07) is 3.49. The van der Waals surface area contributed by atoms with Gasteiger partial charge in [0, 0.05) is 13.1 Å². The van der Waals surface area contributed by atoms with Gasteiger partial charge in [-0.25, -0.2) is 13.2 Å². The third-order valence-corrected chi connectivity index (χ3v) is 6.16. The van der Waals surface area contributed by atoms with Gasteiger partial charge in [-0.1, -0.05) is 18.0 Å². The Morgan fingerprint density at radius 3 is 2.43 bits per heavy atom. The van der Waals surface area contributed by atoms with Gasteiger partial charge in [0.25, 0.3) is 5.91 Å². The van der Waals surface area contributed by atoms with Crippen LogP contribution in [-0.2, 0) is 19.6 Å². The summed E-state index contributed by atoms with van der Waals surface area (Å²) in [6.07, 6.45) is -2.20. The van der Waals surface area contributed by atoms with Crippen LogP contribution in [0.4, 0.5) is 13.2 Å². The smallest absolute Gasteiger partial charge is 0.405 e. The van der Waals surface area contributed by atoms with Crippen LogP contribution in [0.5, 0.6) is 0 Å². The zero-order valence-corrected chi connectivity index (χ0v) is 16.2. The fourth-order valence-corrected chi connectivity index (χ4v) is 4.27. The van der Waals surface area contributed by atoms with Crippen molar-refractivity contribution in [2.75, 3.05) is 26.2 Å². The molecule has 1 amide bonds. The van der Waals surface area contributed by atoms with Gasteiger partial charge in [0.15, 0.2) is 6.61 Å². The lowest BCUT2D eigenvalue weighted by Crippen LogP contribution is -2.36. The van der Waals surface area contributed by atoms with Crippen molar-refractivity contribution in [1.29, 1.82) is 0 Å². The van der Waals surface area contributed by atoms with Crippen molar-refractivity contribution in [3.63, 3.8) is 0 Å². The number of nitrogens with zero attached hydrogens (tertiary/aromatic N) is 1. The first-order valence-electron chi connectivity index (χ1n) is 8.31. The average molecular weight is 443 g/mol. The normalized spacial score (nSPS) is 15.9. The molecule has 7 nitrogen and oxygen atoms in total. The SMILES string of the molecule is O=C(COC(=O)c1cc(S(=O)(=O)N2CCCCC2)ccc1Cl)NCC(F)(F)F. The number of hydrogen-bond donors (Lipinski definition) is 1. The van der Waals surface area contributed by atoms with Gasteiger partial charge in [-0.15, -0.1) is 0 Å². The Balaban J connectivity index is 2.08. The summed E-state index contributed by atoms with van der Waals surface area (Å²) in [5, 5.41) is 1.43. The summed E-state index contributed by atoms with van der Waals surface area (Å²) < 4.78 is 67.4. The third kappa shape index (κ3) is 6.08. The molecule has 1 fully saturated rings. The largest absolute Gasteiger partial charge is 0.452 e. The quantitative estimate of drug-likeness (QED) is 0.683. The molecule has 0 unspecified atom stereocenters. The number of benzene rings is 1. The van der Waals surface area contributed by atoms with E-state index < -0.39 is 41.2 Å². The van der Waals surface area contributed by atoms with Gasteiger partial charge >= 0.3 is 12.1 Å². The van der Waals surface area contributed by atoms with Gasteiger partial charge in [-0.3, -0.25) is 4.79 Å². The number of rotatable bonds is 6. The predicted molar refractivity (Wildman–Crippen MR) is 93.4 cm³/mol. The maximum absolute atomic E-state index is 12.7. The zero-order chi connectivity index (χ0) is 20.9. The number of halogens is 4. The lowest BCUT2D eigenvalue weighted by atomic mass is 10.2. The first-order valence-corrected chi connectivity index (χ1v) is 10.1. The summed E-state index contributed by atoms with van der Waals surface area (Å²) in [5.74, 6) is -2.28. The molecule has 12 heteroatoms. The first kappa shape index (κ1) is 22.4. The fourth-order valence-electron chi connectivity index (χ4n) is 2.53. The van der Waals surface area contributed by atoms with Crippen LogP contribution >= 0.6 is 11.6 Å². The molecule has 0 radical (unpaired) electrons. The summed E-state index contributed by atoms with van der Waals surface area (Å²) in [4.78, 5) is 23.3. The monoisotopic (exact) mass is 442 g/mol. The van der Waals surface area contributed by atoms with Gasteiger partial charge in [0.05, 0.1) is 15.5 Å². The number of piperidine rings is 1. The number of hydrogen-bond acceptors (Lipinski definition) is 5. The van der Waals surface area contributed by atoms with Crippen molar-refractivity contribution in [3.05, 3.63) is 28.8 Å². The second-order valence-corrected chi connectivity index (χ2v) is 8.42. The Hall–Kier alpha value is -1.85. The van der Waals surface area contributed by atoms with Gasteiger partial charge in [0.1, 0.15) is 6.54 Å². The van der Waals surface area contributed by atoms with Crippen LogP contribution in [0, 0.1) is 0 Å². The number of amides is 1. The molecule has 156 valence electrons. The van der Waals surface area contributed by atoms with Crippen LogP contribution in [0.2, 0.25) is 5.02 Å². The molecule has 0 aromatic heterocycles. The van der Waals surface area contributed by atoms with Gasteiger partial charge in [-0.05, 0) is 31.0 Å². The van der Waals surface area contributed by atoms with Crippen LogP contribution in [-0.4, -0.2) is 57.0 Å². The van der Waals surface area contributed by atoms with E-state index in [2.05, 4.69) is 4.74 Å². The molecule has 1 N–H and O–H groups in total. The first-order chi connectivity index (χ1) is 13.0. The molecule has 1 saturated heterocycles. The highest BCUT2D eigenvalue weighted by Crippen LogP contribution is 2.25. The standard InChI is InChI=1S/C16H18ClF3N2O5S/c17-13-5-4-11(28(25,26)22-6-2-1-3-7-22)8-12(13)15(24)27-9-14(23)21-10-16(18,19)20/h4-5,8H,1-3,6-7,9-10H2,(H,21,23). The molecule has 0 saturated carbocycles. The maximum atomic E-state index is 12.7. The summed E-state index contributed by atoms with van der Waals surface area (Å²) in [5.41, 5.74) is -0.302. The van der Waals surface area contributed by atoms with E-state index in [0.717, 1.165) is 25.3 Å². The Morgan fingerprint density at radius 1 is 1.18 bits per heavy atom. The van der Waals surface area contributed by atoms with Crippen LogP contribution in [0.3, 0.4) is 0 Å². The Labute approximate surface area is 164 Å². The number of esters is 1. The summed E-state index contributed by atoms with van der Waals surface area (Å²) >= 11 is 5.90. The molecule has 1 aromatic rings. The van der Waals surface area contributed by atoms with E-state index in [1.165, 1.54) is 16.4 Å². The number of carbonyl (C=O) groups is 2. The highest BCUT2D eigenvalue weighted by molar-refractivity contribution is 7.89. The number of alkyl halides is 3. The fraction of sp³-hybridized carbons (Fsp3) is 0.500. The Bertz CT molecular complexity index is 839. The molecule has 0 aliphatic carbocycles. The summed E-state index contributed by atoms with van der Waals surface area (Å²) in [7, 11) is -3.83. The molecular formula is C16H18ClF3N2O5S. The van der Waals surface area contributed by atoms with Crippen molar-refractivity contribution in [2.24, 2.45) is 0 Å². The topological polar surface area (TPSA) is 92.8 Å². The molecule has 28 heavy (non-hydrogen) atoms. The van der Waals surface area contributed by atoms with E-state index >= 15 is 0 Å². The van der Waals surface area contributed by atoms with Crippen LogP contribution in [0.25, 0.3) is 0 Å². The van der Waals surface area contributed by atoms with E-state index in [-0.39, 0.29) is 15.5 Å². The average Bonchev–Trinajstić information content (AvgIpc) is 2.64. The van der Waals surface area contributed by atoms with Gasteiger partial charge in [-0.2, -0.15) is 17.5 Å². The minimum atomic E-state index is -4.60. The minimum absolute atomic E-state index is 0.113. The second kappa shape index (κ2) is 9.10. The van der Waals surface area contributed by atoms with Crippen molar-refractivity contribution in [3.8, 4) is 0 Å². The van der Waals surface area contributed by atoms with Crippen LogP contribution in [0.1, 0.15) is 29.6 Å². The van der Waals surface area contributed by atoms with E-state index in [1.54, 1.807) is 5.32 Å². The number of nitrogens with one attached hydrogen (secondary N) is 1. The Kier molecular flexibility index (Phi) is 7.29. The highest BCUT2D eigenvalue weighted by atomic mass is 35.5. The third-order valence-electron chi connectivity index (χ3n) is 3.93. The number of carbonyl (C=O) groups excluding carboxylic acids is 2. The number of ether oxygens (including phenoxy) is 1. The lowest BCUT2D eigenvalue weighted by Gasteiger charge is -2.26. The highest BCUT2D eigenvalue weighted by Gasteiger charge is 2.29. The zero-order valence-electron chi connectivity index (χ0n) is 14.6. The van der Waals surface area contributed by atoms with Gasteiger partial charge in [0.2, 0.25) is 10.0 Å². The number of sulfonamides is 1. The maximum Gasteiger partial charge on any atom is 0.405 e. The van der Waals surface area contributed by atoms with Gasteiger partial charge < -0.3 is 10.1 Å². The summed E-state index contributed by atoms with van der Waals surface area (Å²) in [6.45, 7) is -1.80. The van der Waals surface area contributed by atoms with Crippen LogP contribution in [0.15, 0.2) is 23.1 Å². The molecule has 1 aliphatic rings. The predicted octanol–water partition coefficient (Wildman–Crippen LogP) is 2.35. The van der Waals surface area contributed by atoms with E-state index in [0.29, 0.717) is 13.1 Å². The second-order valence-electron chi connectivity index (χ2n) is 6.07. The van der Waals surface area contributed by atoms with Crippen molar-refractivity contribution >= 4 is 33.5 Å². The minimum Gasteiger partial charge on any atom is -0.452 e. The van der Waals surface area contributed by atoms with E-state index in [1.807, 2.05) is 0 Å². The molecule has 0 spiro atoms. The van der Waals surface area contributed by atoms with Crippen molar-refractivity contribution in [1.82, 2.24) is 9.62 Å².